The number of nitriles is 1. The van der Waals surface area contributed by atoms with Crippen LogP contribution in [0.3, 0.4) is 0 Å². The number of aromatic nitrogens is 2. The zero-order valence-electron chi connectivity index (χ0n) is 19.8. The topological polar surface area (TPSA) is 74.0 Å². The number of halogens is 1. The van der Waals surface area contributed by atoms with E-state index in [1.54, 1.807) is 0 Å². The van der Waals surface area contributed by atoms with Crippen LogP contribution in [0.25, 0.3) is 0 Å². The minimum Gasteiger partial charge on any atom is -0.330 e. The van der Waals surface area contributed by atoms with E-state index in [1.807, 2.05) is 84.2 Å². The summed E-state index contributed by atoms with van der Waals surface area (Å²) >= 11 is 6.23. The molecule has 0 saturated carbocycles. The van der Waals surface area contributed by atoms with Gasteiger partial charge in [0.2, 0.25) is 5.91 Å². The molecular weight excluding hydrogens is 470 g/mol. The van der Waals surface area contributed by atoms with Crippen molar-refractivity contribution in [3.8, 4) is 6.07 Å². The molecule has 0 aliphatic carbocycles. The van der Waals surface area contributed by atoms with Crippen LogP contribution in [0, 0.1) is 11.3 Å². The maximum atomic E-state index is 13.8. The highest BCUT2D eigenvalue weighted by atomic mass is 35.5. The van der Waals surface area contributed by atoms with Crippen molar-refractivity contribution in [2.45, 2.75) is 25.4 Å². The lowest BCUT2D eigenvalue weighted by Crippen LogP contribution is -2.41. The third-order valence-electron chi connectivity index (χ3n) is 6.57. The van der Waals surface area contributed by atoms with Gasteiger partial charge in [-0.1, -0.05) is 54.1 Å². The van der Waals surface area contributed by atoms with E-state index in [9.17, 15) is 4.79 Å². The van der Waals surface area contributed by atoms with E-state index in [2.05, 4.69) is 27.0 Å². The maximum absolute atomic E-state index is 13.8. The number of nitrogens with one attached hydrogen (secondary N) is 1. The first kappa shape index (κ1) is 23.8. The number of carbonyl (C=O) groups excluding carboxylic acids is 1. The zero-order valence-corrected chi connectivity index (χ0v) is 20.5. The lowest BCUT2D eigenvalue weighted by Gasteiger charge is -2.26. The number of rotatable bonds is 7. The Balaban J connectivity index is 1.32. The zero-order chi connectivity index (χ0) is 24.9. The number of imidazole rings is 1. The Labute approximate surface area is 215 Å². The Morgan fingerprint density at radius 2 is 1.92 bits per heavy atom. The minimum absolute atomic E-state index is 0.0216. The largest absolute Gasteiger partial charge is 0.330 e. The van der Waals surface area contributed by atoms with Gasteiger partial charge in [-0.3, -0.25) is 4.79 Å². The summed E-state index contributed by atoms with van der Waals surface area (Å²) in [6, 6.07) is 24.9. The van der Waals surface area contributed by atoms with Crippen LogP contribution in [-0.2, 0) is 24.2 Å². The van der Waals surface area contributed by atoms with Gasteiger partial charge in [0.05, 0.1) is 18.0 Å². The van der Waals surface area contributed by atoms with Gasteiger partial charge < -0.3 is 14.8 Å². The molecule has 1 amide bonds. The number of anilines is 1. The molecule has 0 bridgehead atoms. The Hall–Kier alpha value is -3.92. The van der Waals surface area contributed by atoms with E-state index in [4.69, 9.17) is 16.9 Å². The molecule has 0 radical (unpaired) electrons. The molecule has 4 aromatic rings. The summed E-state index contributed by atoms with van der Waals surface area (Å²) in [5.74, 6) is 0.0216. The van der Waals surface area contributed by atoms with Gasteiger partial charge in [-0.2, -0.15) is 5.26 Å². The summed E-state index contributed by atoms with van der Waals surface area (Å²) < 4.78 is 2.10. The summed E-state index contributed by atoms with van der Waals surface area (Å²) in [4.78, 5) is 19.9. The minimum atomic E-state index is -0.447. The van der Waals surface area contributed by atoms with E-state index in [1.165, 1.54) is 5.56 Å². The number of fused-ring (bicyclic) bond motifs is 1. The van der Waals surface area contributed by atoms with Crippen molar-refractivity contribution in [2.75, 3.05) is 18.0 Å². The first-order valence-electron chi connectivity index (χ1n) is 12.0. The van der Waals surface area contributed by atoms with Crippen LogP contribution in [0.5, 0.6) is 0 Å². The van der Waals surface area contributed by atoms with Gasteiger partial charge >= 0.3 is 0 Å². The predicted octanol–water partition coefficient (Wildman–Crippen LogP) is 4.92. The Bertz CT molecular complexity index is 1410. The molecule has 6 nitrogen and oxygen atoms in total. The highest BCUT2D eigenvalue weighted by molar-refractivity contribution is 6.30. The normalized spacial score (nSPS) is 15.3. The van der Waals surface area contributed by atoms with Crippen LogP contribution >= 0.6 is 11.6 Å². The second kappa shape index (κ2) is 10.8. The van der Waals surface area contributed by atoms with Crippen molar-refractivity contribution < 1.29 is 4.79 Å². The maximum Gasteiger partial charge on any atom is 0.248 e. The van der Waals surface area contributed by atoms with Crippen molar-refractivity contribution in [3.05, 3.63) is 118 Å². The standard InChI is InChI=1S/C29H26ClN5O/c30-24-5-3-6-25(16-24)35-15-13-23-4-1-2-7-27(23)28(29(35)36)33-14-12-26-18-32-20-34(26)19-22-10-8-21(17-31)9-11-22/h1-11,16,18,20,28,33H,12-15,19H2. The number of carbonyl (C=O) groups is 1. The third kappa shape index (κ3) is 5.18. The van der Waals surface area contributed by atoms with Gasteiger partial charge in [0.1, 0.15) is 6.04 Å². The molecule has 1 N–H and O–H groups in total. The number of hydrogen-bond donors (Lipinski definition) is 1. The smallest absolute Gasteiger partial charge is 0.248 e. The number of amides is 1. The SMILES string of the molecule is N#Cc1ccc(Cn2cncc2CCNC2C(=O)N(c3cccc(Cl)c3)CCc3ccccc32)cc1. The van der Waals surface area contributed by atoms with Crippen LogP contribution in [0.15, 0.2) is 85.3 Å². The van der Waals surface area contributed by atoms with Gasteiger partial charge in [0.15, 0.2) is 0 Å². The number of hydrogen-bond acceptors (Lipinski definition) is 4. The molecule has 1 aliphatic rings. The Morgan fingerprint density at radius 3 is 2.72 bits per heavy atom. The summed E-state index contributed by atoms with van der Waals surface area (Å²) in [5.41, 5.74) is 5.84. The van der Waals surface area contributed by atoms with Crippen LogP contribution < -0.4 is 10.2 Å². The van der Waals surface area contributed by atoms with Gasteiger partial charge in [-0.25, -0.2) is 4.98 Å². The molecule has 36 heavy (non-hydrogen) atoms. The number of nitrogens with zero attached hydrogens (tertiary/aromatic N) is 4. The first-order valence-corrected chi connectivity index (χ1v) is 12.4. The molecule has 2 heterocycles. The lowest BCUT2D eigenvalue weighted by molar-refractivity contribution is -0.120. The fraction of sp³-hybridized carbons (Fsp3) is 0.207. The fourth-order valence-electron chi connectivity index (χ4n) is 4.70. The predicted molar refractivity (Wildman–Crippen MR) is 141 cm³/mol. The molecule has 1 atom stereocenters. The van der Waals surface area contributed by atoms with E-state index < -0.39 is 6.04 Å². The van der Waals surface area contributed by atoms with Gasteiger partial charge in [0, 0.05) is 48.7 Å². The second-order valence-corrected chi connectivity index (χ2v) is 9.31. The second-order valence-electron chi connectivity index (χ2n) is 8.88. The molecule has 180 valence electrons. The van der Waals surface area contributed by atoms with Gasteiger partial charge in [0.25, 0.3) is 0 Å². The molecule has 1 aromatic heterocycles. The summed E-state index contributed by atoms with van der Waals surface area (Å²) in [6.45, 7) is 1.90. The molecule has 1 aliphatic heterocycles. The molecule has 5 rings (SSSR count). The third-order valence-corrected chi connectivity index (χ3v) is 6.80. The average Bonchev–Trinajstić information content (AvgIpc) is 3.28. The highest BCUT2D eigenvalue weighted by Gasteiger charge is 2.31. The monoisotopic (exact) mass is 495 g/mol. The molecule has 0 saturated heterocycles. The molecular formula is C29H26ClN5O. The van der Waals surface area contributed by atoms with E-state index in [0.717, 1.165) is 35.3 Å². The Morgan fingerprint density at radius 1 is 1.08 bits per heavy atom. The average molecular weight is 496 g/mol. The molecule has 3 aromatic carbocycles. The number of benzene rings is 3. The van der Waals surface area contributed by atoms with Crippen LogP contribution in [0.2, 0.25) is 5.02 Å². The van der Waals surface area contributed by atoms with E-state index in [0.29, 0.717) is 30.2 Å². The highest BCUT2D eigenvalue weighted by Crippen LogP contribution is 2.29. The van der Waals surface area contributed by atoms with Gasteiger partial charge in [-0.15, -0.1) is 0 Å². The molecule has 0 fully saturated rings. The van der Waals surface area contributed by atoms with Crippen molar-refractivity contribution in [3.63, 3.8) is 0 Å². The van der Waals surface area contributed by atoms with Crippen molar-refractivity contribution in [1.29, 1.82) is 5.26 Å². The van der Waals surface area contributed by atoms with Crippen LogP contribution in [-0.4, -0.2) is 28.5 Å². The fourth-order valence-corrected chi connectivity index (χ4v) is 4.88. The van der Waals surface area contributed by atoms with Crippen LogP contribution in [0.4, 0.5) is 5.69 Å². The van der Waals surface area contributed by atoms with E-state index >= 15 is 0 Å². The van der Waals surface area contributed by atoms with Gasteiger partial charge in [-0.05, 0) is 53.4 Å². The summed E-state index contributed by atoms with van der Waals surface area (Å²) in [6.07, 6.45) is 5.19. The van der Waals surface area contributed by atoms with Crippen LogP contribution in [0.1, 0.15) is 34.0 Å². The van der Waals surface area contributed by atoms with Crippen molar-refractivity contribution in [2.24, 2.45) is 0 Å². The molecule has 7 heteroatoms. The quantitative estimate of drug-likeness (QED) is 0.395. The molecule has 0 spiro atoms. The summed E-state index contributed by atoms with van der Waals surface area (Å²) in [7, 11) is 0. The molecule has 1 unspecified atom stereocenters. The summed E-state index contributed by atoms with van der Waals surface area (Å²) in [5, 5.41) is 13.2. The van der Waals surface area contributed by atoms with E-state index in [-0.39, 0.29) is 5.91 Å². The van der Waals surface area contributed by atoms with Crippen molar-refractivity contribution in [1.82, 2.24) is 14.9 Å². The lowest BCUT2D eigenvalue weighted by atomic mass is 9.99. The van der Waals surface area contributed by atoms with Crippen molar-refractivity contribution >= 4 is 23.2 Å². The Kier molecular flexibility index (Phi) is 7.13. The first-order chi connectivity index (χ1) is 17.6.